The monoisotopic (exact) mass is 384 g/mol. The van der Waals surface area contributed by atoms with Crippen molar-refractivity contribution in [3.8, 4) is 0 Å². The average Bonchev–Trinajstić information content (AvgIpc) is 3.14. The second-order valence-corrected chi connectivity index (χ2v) is 8.27. The van der Waals surface area contributed by atoms with Gasteiger partial charge in [0.05, 0.1) is 18.7 Å². The molecular weight excluding hydrogens is 356 g/mol. The van der Waals surface area contributed by atoms with E-state index >= 15 is 0 Å². The van der Waals surface area contributed by atoms with Gasteiger partial charge in [-0.25, -0.2) is 20.1 Å². The van der Waals surface area contributed by atoms with E-state index in [1.807, 2.05) is 20.8 Å². The van der Waals surface area contributed by atoms with E-state index in [9.17, 15) is 19.6 Å². The number of amides is 4. The number of fused-ring (bicyclic) bond motifs is 2. The summed E-state index contributed by atoms with van der Waals surface area (Å²) in [6, 6.07) is -1.62. The van der Waals surface area contributed by atoms with Crippen molar-refractivity contribution in [1.82, 2.24) is 20.3 Å². The minimum absolute atomic E-state index is 0.153. The summed E-state index contributed by atoms with van der Waals surface area (Å²) in [6.45, 7) is 6.52. The first-order valence-electron chi connectivity index (χ1n) is 9.37. The maximum Gasteiger partial charge on any atom is 0.410 e. The van der Waals surface area contributed by atoms with Crippen molar-refractivity contribution < 1.29 is 29.2 Å². The number of rotatable bonds is 4. The summed E-state index contributed by atoms with van der Waals surface area (Å²) >= 11 is 0. The van der Waals surface area contributed by atoms with Gasteiger partial charge in [-0.1, -0.05) is 0 Å². The Labute approximate surface area is 158 Å². The lowest BCUT2D eigenvalue weighted by Gasteiger charge is -2.30. The number of hydrogen-bond acceptors (Lipinski definition) is 6. The molecule has 0 spiro atoms. The van der Waals surface area contributed by atoms with Crippen LogP contribution in [0.4, 0.5) is 9.59 Å². The lowest BCUT2D eigenvalue weighted by Crippen LogP contribution is -2.50. The highest BCUT2D eigenvalue weighted by molar-refractivity contribution is 5.87. The lowest BCUT2D eigenvalue weighted by atomic mass is 10.0. The molecule has 0 unspecified atom stereocenters. The maximum absolute atomic E-state index is 12.4. The predicted molar refractivity (Wildman–Crippen MR) is 92.6 cm³/mol. The first-order valence-corrected chi connectivity index (χ1v) is 9.37. The quantitative estimate of drug-likeness (QED) is 0.554. The van der Waals surface area contributed by atoms with E-state index in [1.165, 1.54) is 4.90 Å². The molecule has 10 nitrogen and oxygen atoms in total. The summed E-state index contributed by atoms with van der Waals surface area (Å²) in [5.41, 5.74) is 1.82. The maximum atomic E-state index is 12.4. The molecule has 3 heterocycles. The minimum atomic E-state index is -0.656. The van der Waals surface area contributed by atoms with Crippen LogP contribution < -0.4 is 5.48 Å². The second kappa shape index (κ2) is 7.51. The van der Waals surface area contributed by atoms with Crippen LogP contribution in [0.1, 0.15) is 46.5 Å². The Kier molecular flexibility index (Phi) is 5.48. The average molecular weight is 384 g/mol. The summed E-state index contributed by atoms with van der Waals surface area (Å²) < 4.78 is 5.40. The van der Waals surface area contributed by atoms with Gasteiger partial charge in [-0.05, 0) is 46.5 Å². The van der Waals surface area contributed by atoms with E-state index in [0.29, 0.717) is 31.0 Å². The molecule has 0 aromatic carbocycles. The topological polar surface area (TPSA) is 112 Å². The van der Waals surface area contributed by atoms with Crippen molar-refractivity contribution in [1.29, 1.82) is 0 Å². The number of carbonyl (C=O) groups is 3. The molecule has 3 saturated heterocycles. The van der Waals surface area contributed by atoms with Gasteiger partial charge < -0.3 is 14.5 Å². The van der Waals surface area contributed by atoms with Gasteiger partial charge in [0, 0.05) is 13.1 Å². The highest BCUT2D eigenvalue weighted by Gasteiger charge is 2.47. The van der Waals surface area contributed by atoms with Crippen LogP contribution in [0.25, 0.3) is 0 Å². The Bertz CT molecular complexity index is 607. The largest absolute Gasteiger partial charge is 0.444 e. The number of hydroxylamine groups is 3. The summed E-state index contributed by atoms with van der Waals surface area (Å²) in [6.07, 6.45) is 2.26. The summed E-state index contributed by atoms with van der Waals surface area (Å²) in [7, 11) is 0. The van der Waals surface area contributed by atoms with Crippen LogP contribution in [0.2, 0.25) is 0 Å². The summed E-state index contributed by atoms with van der Waals surface area (Å²) in [4.78, 5) is 44.9. The van der Waals surface area contributed by atoms with Crippen LogP contribution in [-0.4, -0.2) is 81.5 Å². The Morgan fingerprint density at radius 2 is 2.00 bits per heavy atom. The zero-order valence-electron chi connectivity index (χ0n) is 16.0. The molecular formula is C17H28N4O6. The summed E-state index contributed by atoms with van der Waals surface area (Å²) in [5, 5.41) is 10.4. The fourth-order valence-electron chi connectivity index (χ4n) is 3.77. The zero-order chi connectivity index (χ0) is 19.8. The second-order valence-electron chi connectivity index (χ2n) is 8.27. The third-order valence-electron chi connectivity index (χ3n) is 5.10. The molecule has 2 bridgehead atoms. The van der Waals surface area contributed by atoms with Crippen molar-refractivity contribution >= 4 is 18.0 Å². The number of nitrogens with one attached hydrogen (secondary N) is 1. The van der Waals surface area contributed by atoms with E-state index in [2.05, 4.69) is 5.48 Å². The molecule has 3 atom stereocenters. The molecule has 3 aliphatic heterocycles. The van der Waals surface area contributed by atoms with Gasteiger partial charge in [0.25, 0.3) is 5.91 Å². The van der Waals surface area contributed by atoms with Gasteiger partial charge in [0.15, 0.2) is 0 Å². The van der Waals surface area contributed by atoms with Gasteiger partial charge in [-0.15, -0.1) is 0 Å². The van der Waals surface area contributed by atoms with E-state index in [1.54, 1.807) is 4.90 Å². The Morgan fingerprint density at radius 1 is 1.26 bits per heavy atom. The number of nitrogens with zero attached hydrogens (tertiary/aromatic N) is 3. The van der Waals surface area contributed by atoms with E-state index in [-0.39, 0.29) is 24.8 Å². The van der Waals surface area contributed by atoms with Gasteiger partial charge >= 0.3 is 12.1 Å². The van der Waals surface area contributed by atoms with Crippen LogP contribution in [0.5, 0.6) is 0 Å². The molecule has 2 N–H and O–H groups in total. The number of hydrogen-bond donors (Lipinski definition) is 2. The van der Waals surface area contributed by atoms with Crippen molar-refractivity contribution in [2.45, 2.75) is 70.2 Å². The molecule has 152 valence electrons. The first kappa shape index (κ1) is 19.7. The van der Waals surface area contributed by atoms with Crippen LogP contribution in [0.15, 0.2) is 0 Å². The smallest absolute Gasteiger partial charge is 0.410 e. The van der Waals surface area contributed by atoms with Crippen LogP contribution in [-0.2, 0) is 14.4 Å². The van der Waals surface area contributed by atoms with Crippen LogP contribution in [0, 0.1) is 0 Å². The van der Waals surface area contributed by atoms with Gasteiger partial charge in [0.1, 0.15) is 11.6 Å². The Balaban J connectivity index is 1.47. The van der Waals surface area contributed by atoms with Crippen LogP contribution in [0.3, 0.4) is 0 Å². The molecule has 0 aromatic rings. The highest BCUT2D eigenvalue weighted by atomic mass is 16.7. The SMILES string of the molecule is CC(C)(C)OC(=O)N1CCC[C@@H]1CONC(=O)[C@@H]1CC[C@H]2CN1C(=O)N2O. The van der Waals surface area contributed by atoms with Gasteiger partial charge in [-0.3, -0.25) is 14.8 Å². The van der Waals surface area contributed by atoms with E-state index in [0.717, 1.165) is 12.8 Å². The number of piperidine rings is 1. The summed E-state index contributed by atoms with van der Waals surface area (Å²) in [5.74, 6) is -0.418. The van der Waals surface area contributed by atoms with Gasteiger partial charge in [-0.2, -0.15) is 0 Å². The molecule has 0 saturated carbocycles. The lowest BCUT2D eigenvalue weighted by molar-refractivity contribution is -0.140. The Morgan fingerprint density at radius 3 is 2.70 bits per heavy atom. The third-order valence-corrected chi connectivity index (χ3v) is 5.10. The predicted octanol–water partition coefficient (Wildman–Crippen LogP) is 1.09. The van der Waals surface area contributed by atoms with Crippen LogP contribution >= 0.6 is 0 Å². The van der Waals surface area contributed by atoms with E-state index in [4.69, 9.17) is 9.57 Å². The standard InChI is InChI=1S/C17H28N4O6/c1-17(2,3)27-16(24)19-8-4-5-12(19)10-26-18-14(22)13-7-6-11-9-20(13)15(23)21(11)25/h11-13,25H,4-10H2,1-3H3,(H,18,22)/t11-,12+,13-/m0/s1. The number of likely N-dealkylation sites (tertiary alicyclic amines) is 1. The highest BCUT2D eigenvalue weighted by Crippen LogP contribution is 2.28. The molecule has 3 rings (SSSR count). The number of ether oxygens (including phenoxy) is 1. The normalized spacial score (nSPS) is 27.9. The zero-order valence-corrected chi connectivity index (χ0v) is 16.0. The number of urea groups is 1. The molecule has 3 aliphatic rings. The van der Waals surface area contributed by atoms with Crippen molar-refractivity contribution in [2.75, 3.05) is 19.7 Å². The van der Waals surface area contributed by atoms with Crippen molar-refractivity contribution in [2.24, 2.45) is 0 Å². The molecule has 10 heteroatoms. The van der Waals surface area contributed by atoms with E-state index < -0.39 is 23.6 Å². The molecule has 27 heavy (non-hydrogen) atoms. The molecule has 0 radical (unpaired) electrons. The van der Waals surface area contributed by atoms with Crippen molar-refractivity contribution in [3.63, 3.8) is 0 Å². The molecule has 3 fully saturated rings. The third kappa shape index (κ3) is 4.27. The van der Waals surface area contributed by atoms with Crippen molar-refractivity contribution in [3.05, 3.63) is 0 Å². The Hall–Kier alpha value is -2.07. The molecule has 0 aromatic heterocycles. The fourth-order valence-corrected chi connectivity index (χ4v) is 3.77. The fraction of sp³-hybridized carbons (Fsp3) is 0.824. The molecule has 4 amide bonds. The van der Waals surface area contributed by atoms with Gasteiger partial charge in [0.2, 0.25) is 0 Å². The minimum Gasteiger partial charge on any atom is -0.444 e. The first-order chi connectivity index (χ1) is 12.7. The molecule has 0 aliphatic carbocycles. The number of carbonyl (C=O) groups excluding carboxylic acids is 3.